The molecule has 2 N–H and O–H groups in total. The van der Waals surface area contributed by atoms with E-state index in [1.165, 1.54) is 29.1 Å². The van der Waals surface area contributed by atoms with Gasteiger partial charge in [-0.2, -0.15) is 5.10 Å². The highest BCUT2D eigenvalue weighted by Crippen LogP contribution is 2.32. The molecule has 1 fully saturated rings. The Hall–Kier alpha value is -2.71. The number of anilines is 1. The molecule has 0 amide bonds. The molecule has 9 heteroatoms. The maximum absolute atomic E-state index is 13.7. The van der Waals surface area contributed by atoms with E-state index in [1.807, 2.05) is 6.92 Å². The number of alkyl halides is 2. The number of hydrogen-bond acceptors (Lipinski definition) is 4. The Labute approximate surface area is 153 Å². The topological polar surface area (TPSA) is 73.3 Å². The molecule has 27 heavy (non-hydrogen) atoms. The van der Waals surface area contributed by atoms with Crippen molar-refractivity contribution in [3.8, 4) is 0 Å². The maximum Gasteiger partial charge on any atom is 0.290 e. The lowest BCUT2D eigenvalue weighted by molar-refractivity contribution is 0.295. The highest BCUT2D eigenvalue weighted by molar-refractivity contribution is 6.04. The maximum atomic E-state index is 13.7. The normalized spacial score (nSPS) is 13.9. The van der Waals surface area contributed by atoms with Crippen molar-refractivity contribution in [2.75, 3.05) is 12.7 Å². The van der Waals surface area contributed by atoms with Gasteiger partial charge >= 0.3 is 0 Å². The summed E-state index contributed by atoms with van der Waals surface area (Å²) in [5, 5.41) is 4.16. The second-order valence-electron chi connectivity index (χ2n) is 5.87. The van der Waals surface area contributed by atoms with E-state index < -0.39 is 18.6 Å². The number of nitrogens with zero attached hydrogens (tertiary/aromatic N) is 3. The number of aromatic nitrogens is 2. The predicted molar refractivity (Wildman–Crippen MR) is 95.2 cm³/mol. The first-order chi connectivity index (χ1) is 12.9. The van der Waals surface area contributed by atoms with Gasteiger partial charge in [0.2, 0.25) is 6.93 Å². The Morgan fingerprint density at radius 3 is 2.41 bits per heavy atom. The molecule has 1 aromatic heterocycles. The van der Waals surface area contributed by atoms with Gasteiger partial charge in [-0.05, 0) is 31.4 Å². The average molecular weight is 384 g/mol. The Kier molecular flexibility index (Phi) is 7.09. The van der Waals surface area contributed by atoms with E-state index in [2.05, 4.69) is 10.1 Å². The molecule has 146 valence electrons. The van der Waals surface area contributed by atoms with Gasteiger partial charge in [0.25, 0.3) is 5.56 Å². The highest BCUT2D eigenvalue weighted by atomic mass is 19.3. The third-order valence-electron chi connectivity index (χ3n) is 4.07. The minimum absolute atomic E-state index is 0.0755. The van der Waals surface area contributed by atoms with Gasteiger partial charge in [-0.1, -0.05) is 13.0 Å². The lowest BCUT2D eigenvalue weighted by Gasteiger charge is -2.10. The minimum Gasteiger partial charge on any atom is -0.394 e. The summed E-state index contributed by atoms with van der Waals surface area (Å²) in [6, 6.07) is 3.81. The van der Waals surface area contributed by atoms with Gasteiger partial charge in [0.15, 0.2) is 0 Å². The molecule has 1 saturated carbocycles. The Morgan fingerprint density at radius 2 is 1.89 bits per heavy atom. The van der Waals surface area contributed by atoms with Crippen molar-refractivity contribution >= 4 is 11.4 Å². The van der Waals surface area contributed by atoms with E-state index in [4.69, 9.17) is 5.73 Å². The van der Waals surface area contributed by atoms with Crippen molar-refractivity contribution in [1.82, 2.24) is 9.78 Å². The van der Waals surface area contributed by atoms with E-state index >= 15 is 0 Å². The van der Waals surface area contributed by atoms with Crippen LogP contribution in [0.5, 0.6) is 0 Å². The van der Waals surface area contributed by atoms with Gasteiger partial charge in [-0.15, -0.1) is 0 Å². The van der Waals surface area contributed by atoms with Crippen LogP contribution in [0.4, 0.5) is 23.2 Å². The molecule has 0 bridgehead atoms. The number of benzene rings is 1. The molecule has 5 nitrogen and oxygen atoms in total. The summed E-state index contributed by atoms with van der Waals surface area (Å²) in [7, 11) is 0. The molecule has 1 aromatic carbocycles. The molecule has 3 rings (SSSR count). The molecule has 0 aliphatic heterocycles. The zero-order valence-electron chi connectivity index (χ0n) is 14.8. The van der Waals surface area contributed by atoms with E-state index in [9.17, 15) is 22.4 Å². The fourth-order valence-corrected chi connectivity index (χ4v) is 2.54. The molecule has 1 aliphatic carbocycles. The highest BCUT2D eigenvalue weighted by Gasteiger charge is 2.27. The largest absolute Gasteiger partial charge is 0.394 e. The minimum atomic E-state index is -1.75. The van der Waals surface area contributed by atoms with E-state index in [0.717, 1.165) is 12.8 Å². The summed E-state index contributed by atoms with van der Waals surface area (Å²) in [5.41, 5.74) is 6.51. The Bertz CT molecular complexity index is 858. The smallest absolute Gasteiger partial charge is 0.290 e. The van der Waals surface area contributed by atoms with Crippen molar-refractivity contribution in [2.45, 2.75) is 38.8 Å². The lowest BCUT2D eigenvalue weighted by Crippen LogP contribution is -2.27. The molecule has 0 atom stereocenters. The van der Waals surface area contributed by atoms with Gasteiger partial charge in [-0.3, -0.25) is 9.79 Å². The first kappa shape index (κ1) is 20.6. The van der Waals surface area contributed by atoms with Crippen LogP contribution in [-0.2, 0) is 6.54 Å². The van der Waals surface area contributed by atoms with Gasteiger partial charge < -0.3 is 5.73 Å². The summed E-state index contributed by atoms with van der Waals surface area (Å²) < 4.78 is 48.0. The van der Waals surface area contributed by atoms with Crippen LogP contribution in [0.15, 0.2) is 34.2 Å². The molecular weight excluding hydrogens is 364 g/mol. The van der Waals surface area contributed by atoms with Gasteiger partial charge in [0.05, 0.1) is 18.8 Å². The van der Waals surface area contributed by atoms with Gasteiger partial charge in [0, 0.05) is 16.8 Å². The van der Waals surface area contributed by atoms with Crippen LogP contribution in [0.1, 0.15) is 43.4 Å². The first-order valence-corrected chi connectivity index (χ1v) is 8.40. The number of nitrogen functional groups attached to an aromatic ring is 1. The van der Waals surface area contributed by atoms with Crippen molar-refractivity contribution in [2.24, 2.45) is 4.99 Å². The summed E-state index contributed by atoms with van der Waals surface area (Å²) in [6.45, 7) is -0.0742. The summed E-state index contributed by atoms with van der Waals surface area (Å²) in [5.74, 6) is -1.30. The number of hydrogen-bond donors (Lipinski definition) is 1. The van der Waals surface area contributed by atoms with Crippen molar-refractivity contribution in [3.05, 3.63) is 57.5 Å². The second-order valence-corrected chi connectivity index (χ2v) is 5.87. The molecule has 1 heterocycles. The molecule has 0 unspecified atom stereocenters. The van der Waals surface area contributed by atoms with Crippen LogP contribution in [-0.4, -0.2) is 22.4 Å². The SMILES string of the molecule is CCC(=NCc1c(F)cccc1F)c1cnn(C2CC2)c(=O)c1N.FCF. The molecule has 0 saturated heterocycles. The third kappa shape index (κ3) is 4.93. The van der Waals surface area contributed by atoms with E-state index in [0.29, 0.717) is 17.7 Å². The Balaban J connectivity index is 0.000000817. The molecule has 0 radical (unpaired) electrons. The van der Waals surface area contributed by atoms with Gasteiger partial charge in [-0.25, -0.2) is 22.2 Å². The first-order valence-electron chi connectivity index (χ1n) is 8.40. The summed E-state index contributed by atoms with van der Waals surface area (Å²) >= 11 is 0. The summed E-state index contributed by atoms with van der Waals surface area (Å²) in [4.78, 5) is 16.5. The van der Waals surface area contributed by atoms with Crippen molar-refractivity contribution in [3.63, 3.8) is 0 Å². The zero-order valence-corrected chi connectivity index (χ0v) is 14.8. The second kappa shape index (κ2) is 9.29. The standard InChI is InChI=1S/C17H18F2N4O.CH2F2/c1-2-15(21-8-11-13(18)4-3-5-14(11)19)12-9-22-23(10-6-7-10)17(24)16(12)20;2-1-3/h3-5,9-10H,2,6-8,20H2,1H3;1H2. The van der Waals surface area contributed by atoms with Crippen LogP contribution < -0.4 is 11.3 Å². The predicted octanol–water partition coefficient (Wildman–Crippen LogP) is 3.72. The quantitative estimate of drug-likeness (QED) is 0.631. The number of halogens is 4. The van der Waals surface area contributed by atoms with E-state index in [1.54, 1.807) is 0 Å². The monoisotopic (exact) mass is 384 g/mol. The van der Waals surface area contributed by atoms with Crippen LogP contribution in [0.25, 0.3) is 0 Å². The van der Waals surface area contributed by atoms with Crippen LogP contribution in [0, 0.1) is 11.6 Å². The van der Waals surface area contributed by atoms with E-state index in [-0.39, 0.29) is 29.4 Å². The van der Waals surface area contributed by atoms with Gasteiger partial charge in [0.1, 0.15) is 17.3 Å². The van der Waals surface area contributed by atoms with Crippen molar-refractivity contribution < 1.29 is 17.6 Å². The molecular formula is C18H20F4N4O. The average Bonchev–Trinajstić information content (AvgIpc) is 3.46. The fourth-order valence-electron chi connectivity index (χ4n) is 2.54. The summed E-state index contributed by atoms with van der Waals surface area (Å²) in [6.07, 6.45) is 3.82. The number of nitrogens with two attached hydrogens (primary N) is 1. The zero-order chi connectivity index (χ0) is 20.0. The Morgan fingerprint density at radius 1 is 1.30 bits per heavy atom. The van der Waals surface area contributed by atoms with Crippen LogP contribution in [0.2, 0.25) is 0 Å². The van der Waals surface area contributed by atoms with Crippen molar-refractivity contribution in [1.29, 1.82) is 0 Å². The number of aliphatic imine (C=N–C) groups is 1. The molecule has 1 aliphatic rings. The van der Waals surface area contributed by atoms with Crippen LogP contribution >= 0.6 is 0 Å². The molecule has 0 spiro atoms. The van der Waals surface area contributed by atoms with Crippen LogP contribution in [0.3, 0.4) is 0 Å². The lowest BCUT2D eigenvalue weighted by atomic mass is 10.1. The third-order valence-corrected chi connectivity index (χ3v) is 4.07. The number of rotatable bonds is 5. The molecule has 2 aromatic rings. The fraction of sp³-hybridized carbons (Fsp3) is 0.389.